The van der Waals surface area contributed by atoms with Crippen molar-refractivity contribution in [2.24, 2.45) is 5.92 Å². The summed E-state index contributed by atoms with van der Waals surface area (Å²) in [7, 11) is 3.58. The van der Waals surface area contributed by atoms with Gasteiger partial charge in [-0.15, -0.1) is 12.4 Å². The van der Waals surface area contributed by atoms with Crippen molar-refractivity contribution >= 4 is 18.3 Å². The summed E-state index contributed by atoms with van der Waals surface area (Å²) in [6.45, 7) is 2.56. The lowest BCUT2D eigenvalue weighted by Gasteiger charge is -2.15. The van der Waals surface area contributed by atoms with Crippen LogP contribution >= 0.6 is 12.4 Å². The number of carbonyl (C=O) groups is 1. The highest BCUT2D eigenvalue weighted by atomic mass is 35.5. The van der Waals surface area contributed by atoms with Crippen LogP contribution in [0.15, 0.2) is 36.5 Å². The van der Waals surface area contributed by atoms with Gasteiger partial charge in [-0.05, 0) is 56.3 Å². The number of nitrogens with one attached hydrogen (secondary N) is 1. The van der Waals surface area contributed by atoms with Crippen LogP contribution in [0, 0.1) is 5.92 Å². The van der Waals surface area contributed by atoms with E-state index in [2.05, 4.69) is 10.4 Å². The quantitative estimate of drug-likeness (QED) is 0.895. The Morgan fingerprint density at radius 1 is 1.33 bits per heavy atom. The maximum atomic E-state index is 12.6. The molecule has 1 atom stereocenters. The van der Waals surface area contributed by atoms with Crippen molar-refractivity contribution in [3.05, 3.63) is 42.2 Å². The third kappa shape index (κ3) is 3.88. The van der Waals surface area contributed by atoms with Gasteiger partial charge in [0, 0.05) is 19.3 Å². The molecule has 7 heteroatoms. The van der Waals surface area contributed by atoms with Crippen molar-refractivity contribution in [3.8, 4) is 11.4 Å². The summed E-state index contributed by atoms with van der Waals surface area (Å²) >= 11 is 0. The zero-order chi connectivity index (χ0) is 16.2. The Morgan fingerprint density at radius 3 is 2.75 bits per heavy atom. The molecule has 1 aliphatic heterocycles. The average Bonchev–Trinajstić information content (AvgIpc) is 3.24. The highest BCUT2D eigenvalue weighted by molar-refractivity contribution is 5.92. The lowest BCUT2D eigenvalue weighted by atomic mass is 10.1. The summed E-state index contributed by atoms with van der Waals surface area (Å²) < 4.78 is 6.87. The molecule has 2 heterocycles. The molecule has 6 nitrogen and oxygen atoms in total. The average molecular weight is 351 g/mol. The van der Waals surface area contributed by atoms with Gasteiger partial charge in [0.1, 0.15) is 5.75 Å². The zero-order valence-electron chi connectivity index (χ0n) is 13.9. The first kappa shape index (κ1) is 18.3. The number of methoxy groups -OCH3 is 1. The number of likely N-dealkylation sites (tertiary alicyclic amines) is 1. The smallest absolute Gasteiger partial charge is 0.274 e. The molecule has 2 aromatic rings. The van der Waals surface area contributed by atoms with E-state index in [0.717, 1.165) is 37.5 Å². The number of hydrogen-bond donors (Lipinski definition) is 1. The number of benzene rings is 1. The van der Waals surface area contributed by atoms with E-state index in [-0.39, 0.29) is 18.3 Å². The van der Waals surface area contributed by atoms with Crippen molar-refractivity contribution in [2.75, 3.05) is 33.8 Å². The van der Waals surface area contributed by atoms with Crippen LogP contribution in [0.4, 0.5) is 0 Å². The maximum absolute atomic E-state index is 12.6. The van der Waals surface area contributed by atoms with Gasteiger partial charge in [0.05, 0.1) is 12.8 Å². The minimum Gasteiger partial charge on any atom is -0.497 e. The molecule has 1 fully saturated rings. The van der Waals surface area contributed by atoms with Gasteiger partial charge in [0.2, 0.25) is 0 Å². The molecule has 0 bridgehead atoms. The van der Waals surface area contributed by atoms with Gasteiger partial charge in [-0.1, -0.05) is 0 Å². The van der Waals surface area contributed by atoms with Gasteiger partial charge in [-0.25, -0.2) is 4.68 Å². The number of aromatic nitrogens is 2. The SMILES string of the molecule is CNCC1CCN(C(=O)c2ccn(-c3ccc(OC)cc3)n2)C1.Cl. The summed E-state index contributed by atoms with van der Waals surface area (Å²) in [5.74, 6) is 1.34. The molecule has 130 valence electrons. The van der Waals surface area contributed by atoms with Gasteiger partial charge in [-0.3, -0.25) is 4.79 Å². The van der Waals surface area contributed by atoms with E-state index >= 15 is 0 Å². The fourth-order valence-corrected chi connectivity index (χ4v) is 2.95. The van der Waals surface area contributed by atoms with Crippen molar-refractivity contribution in [1.29, 1.82) is 0 Å². The molecule has 1 aromatic carbocycles. The number of carbonyl (C=O) groups excluding carboxylic acids is 1. The third-order valence-corrected chi connectivity index (χ3v) is 4.21. The Hall–Kier alpha value is -2.05. The van der Waals surface area contributed by atoms with E-state index in [0.29, 0.717) is 11.6 Å². The molecule has 3 rings (SSSR count). The first-order chi connectivity index (χ1) is 11.2. The van der Waals surface area contributed by atoms with Crippen molar-refractivity contribution in [2.45, 2.75) is 6.42 Å². The van der Waals surface area contributed by atoms with Gasteiger partial charge >= 0.3 is 0 Å². The van der Waals surface area contributed by atoms with Crippen LogP contribution in [-0.2, 0) is 0 Å². The van der Waals surface area contributed by atoms with Crippen LogP contribution in [0.1, 0.15) is 16.9 Å². The largest absolute Gasteiger partial charge is 0.497 e. The normalized spacial score (nSPS) is 16.8. The van der Waals surface area contributed by atoms with Gasteiger partial charge in [0.15, 0.2) is 5.69 Å². The Labute approximate surface area is 148 Å². The first-order valence-electron chi connectivity index (χ1n) is 7.85. The number of halogens is 1. The second-order valence-electron chi connectivity index (χ2n) is 5.81. The molecule has 0 spiro atoms. The summed E-state index contributed by atoms with van der Waals surface area (Å²) in [4.78, 5) is 14.4. The molecule has 0 saturated carbocycles. The highest BCUT2D eigenvalue weighted by Gasteiger charge is 2.27. The fourth-order valence-electron chi connectivity index (χ4n) is 2.95. The molecule has 0 aliphatic carbocycles. The van der Waals surface area contributed by atoms with Crippen LogP contribution < -0.4 is 10.1 Å². The van der Waals surface area contributed by atoms with Crippen molar-refractivity contribution < 1.29 is 9.53 Å². The van der Waals surface area contributed by atoms with E-state index in [1.165, 1.54) is 0 Å². The molecule has 1 unspecified atom stereocenters. The number of hydrogen-bond acceptors (Lipinski definition) is 4. The number of ether oxygens (including phenoxy) is 1. The molecular formula is C17H23ClN4O2. The van der Waals surface area contributed by atoms with Crippen LogP contribution in [0.5, 0.6) is 5.75 Å². The molecule has 1 aliphatic rings. The summed E-state index contributed by atoms with van der Waals surface area (Å²) in [6, 6.07) is 9.36. The van der Waals surface area contributed by atoms with Crippen LogP contribution in [0.2, 0.25) is 0 Å². The summed E-state index contributed by atoms with van der Waals surface area (Å²) in [5, 5.41) is 7.60. The van der Waals surface area contributed by atoms with Gasteiger partial charge in [0.25, 0.3) is 5.91 Å². The van der Waals surface area contributed by atoms with Crippen LogP contribution in [0.25, 0.3) is 5.69 Å². The second kappa shape index (κ2) is 8.17. The number of rotatable bonds is 5. The van der Waals surface area contributed by atoms with E-state index in [9.17, 15) is 4.79 Å². The molecule has 1 amide bonds. The molecular weight excluding hydrogens is 328 g/mol. The first-order valence-corrected chi connectivity index (χ1v) is 7.85. The monoisotopic (exact) mass is 350 g/mol. The van der Waals surface area contributed by atoms with E-state index in [1.54, 1.807) is 17.9 Å². The molecule has 1 aromatic heterocycles. The Bertz CT molecular complexity index is 671. The molecule has 24 heavy (non-hydrogen) atoms. The Kier molecular flexibility index (Phi) is 6.23. The van der Waals surface area contributed by atoms with E-state index < -0.39 is 0 Å². The topological polar surface area (TPSA) is 59.4 Å². The maximum Gasteiger partial charge on any atom is 0.274 e. The predicted molar refractivity (Wildman–Crippen MR) is 95.3 cm³/mol. The second-order valence-corrected chi connectivity index (χ2v) is 5.81. The van der Waals surface area contributed by atoms with Crippen LogP contribution in [0.3, 0.4) is 0 Å². The van der Waals surface area contributed by atoms with E-state index in [1.807, 2.05) is 42.4 Å². The fraction of sp³-hybridized carbons (Fsp3) is 0.412. The Morgan fingerprint density at radius 2 is 2.08 bits per heavy atom. The number of amides is 1. The lowest BCUT2D eigenvalue weighted by Crippen LogP contribution is -2.30. The molecule has 1 N–H and O–H groups in total. The summed E-state index contributed by atoms with van der Waals surface area (Å²) in [6.07, 6.45) is 2.86. The molecule has 1 saturated heterocycles. The minimum atomic E-state index is 0. The predicted octanol–water partition coefficient (Wildman–Crippen LogP) is 1.98. The van der Waals surface area contributed by atoms with Crippen molar-refractivity contribution in [1.82, 2.24) is 20.0 Å². The van der Waals surface area contributed by atoms with Crippen molar-refractivity contribution in [3.63, 3.8) is 0 Å². The highest BCUT2D eigenvalue weighted by Crippen LogP contribution is 2.19. The number of nitrogens with zero attached hydrogens (tertiary/aromatic N) is 3. The Balaban J connectivity index is 0.00000208. The standard InChI is InChI=1S/C17H22N4O2.ClH/c1-18-11-13-7-9-20(12-13)17(22)16-8-10-21(19-16)14-3-5-15(23-2)6-4-14;/h3-6,8,10,13,18H,7,9,11-12H2,1-2H3;1H. The summed E-state index contributed by atoms with van der Waals surface area (Å²) in [5.41, 5.74) is 1.39. The van der Waals surface area contributed by atoms with E-state index in [4.69, 9.17) is 4.74 Å². The molecule has 0 radical (unpaired) electrons. The van der Waals surface area contributed by atoms with Gasteiger partial charge in [-0.2, -0.15) is 5.10 Å². The van der Waals surface area contributed by atoms with Gasteiger partial charge < -0.3 is 15.0 Å². The minimum absolute atomic E-state index is 0. The zero-order valence-corrected chi connectivity index (χ0v) is 14.8. The third-order valence-electron chi connectivity index (χ3n) is 4.21. The lowest BCUT2D eigenvalue weighted by molar-refractivity contribution is 0.0781. The van der Waals surface area contributed by atoms with Crippen LogP contribution in [-0.4, -0.2) is 54.4 Å².